The second-order valence-electron chi connectivity index (χ2n) is 6.41. The van der Waals surface area contributed by atoms with Gasteiger partial charge in [0, 0.05) is 12.1 Å². The zero-order valence-electron chi connectivity index (χ0n) is 16.6. The number of fused-ring (bicyclic) bond motifs is 1. The van der Waals surface area contributed by atoms with E-state index in [4.69, 9.17) is 37.4 Å². The molecule has 4 rings (SSSR count). The molecule has 0 aliphatic heterocycles. The first-order valence-corrected chi connectivity index (χ1v) is 9.74. The minimum absolute atomic E-state index is 0.0561. The number of imidazole rings is 1. The monoisotopic (exact) mass is 482 g/mol. The van der Waals surface area contributed by atoms with Gasteiger partial charge in [0.2, 0.25) is 0 Å². The summed E-state index contributed by atoms with van der Waals surface area (Å²) in [5.74, 6) is -1.72. The number of hydrogen-bond acceptors (Lipinski definition) is 6. The molecule has 12 heteroatoms. The molecule has 0 aliphatic rings. The predicted octanol–water partition coefficient (Wildman–Crippen LogP) is 4.29. The summed E-state index contributed by atoms with van der Waals surface area (Å²) in [6, 6.07) is 5.07. The van der Waals surface area contributed by atoms with Crippen molar-refractivity contribution >= 4 is 34.4 Å². The molecule has 0 fully saturated rings. The lowest BCUT2D eigenvalue weighted by Gasteiger charge is -2.16. The lowest BCUT2D eigenvalue weighted by molar-refractivity contribution is 0.270. The molecule has 0 spiro atoms. The first-order chi connectivity index (χ1) is 15.3. The number of aromatic nitrogens is 4. The molecule has 2 aromatic carbocycles. The Hall–Kier alpha value is -3.37. The Morgan fingerprint density at radius 2 is 1.81 bits per heavy atom. The fraction of sp³-hybridized carbons (Fsp3) is 0.150. The Labute approximate surface area is 189 Å². The quantitative estimate of drug-likeness (QED) is 0.412. The molecular formula is C20H14Cl2F2N4O4. The summed E-state index contributed by atoms with van der Waals surface area (Å²) in [4.78, 5) is 23.1. The summed E-state index contributed by atoms with van der Waals surface area (Å²) < 4.78 is 45.3. The van der Waals surface area contributed by atoms with Crippen LogP contribution in [0.2, 0.25) is 10.2 Å². The summed E-state index contributed by atoms with van der Waals surface area (Å²) in [7, 11) is 2.71. The van der Waals surface area contributed by atoms with Gasteiger partial charge in [0.05, 0.1) is 30.5 Å². The highest BCUT2D eigenvalue weighted by Crippen LogP contribution is 2.37. The molecule has 0 bridgehead atoms. The first kappa shape index (κ1) is 21.8. The van der Waals surface area contributed by atoms with Gasteiger partial charge in [-0.05, 0) is 12.1 Å². The van der Waals surface area contributed by atoms with Crippen LogP contribution >= 0.6 is 23.2 Å². The maximum atomic E-state index is 14.3. The molecule has 0 saturated heterocycles. The van der Waals surface area contributed by atoms with Gasteiger partial charge >= 0.3 is 5.69 Å². The summed E-state index contributed by atoms with van der Waals surface area (Å²) in [5, 5.41) is 0.196. The van der Waals surface area contributed by atoms with E-state index in [1.54, 1.807) is 0 Å². The molecule has 0 radical (unpaired) electrons. The van der Waals surface area contributed by atoms with E-state index in [2.05, 4.69) is 15.0 Å². The molecule has 166 valence electrons. The van der Waals surface area contributed by atoms with Crippen molar-refractivity contribution in [2.24, 2.45) is 0 Å². The standard InChI is InChI=1S/C20H14Cl2F2N4O4/c1-30-13-4-3-11(23)16(24)9(13)7-32-15-6-12(10(21)5-14(15)31-2)28-19-17(27-20(28)29)18(22)25-8-26-19/h3-6,8H,7H2,1-2H3,(H,27,29). The summed E-state index contributed by atoms with van der Waals surface area (Å²) in [6.45, 7) is -0.388. The Bertz CT molecular complexity index is 1390. The number of halogens is 4. The second-order valence-corrected chi connectivity index (χ2v) is 7.18. The molecule has 2 heterocycles. The van der Waals surface area contributed by atoms with Gasteiger partial charge in [-0.3, -0.25) is 0 Å². The van der Waals surface area contributed by atoms with Crippen molar-refractivity contribution in [3.8, 4) is 22.9 Å². The summed E-state index contributed by atoms with van der Waals surface area (Å²) in [5.41, 5.74) is -0.0980. The van der Waals surface area contributed by atoms with E-state index in [-0.39, 0.29) is 56.4 Å². The minimum atomic E-state index is -1.10. The van der Waals surface area contributed by atoms with Crippen LogP contribution < -0.4 is 19.9 Å². The highest BCUT2D eigenvalue weighted by molar-refractivity contribution is 6.34. The third-order valence-electron chi connectivity index (χ3n) is 4.65. The van der Waals surface area contributed by atoms with Crippen molar-refractivity contribution in [2.45, 2.75) is 6.61 Å². The maximum Gasteiger partial charge on any atom is 0.332 e. The second kappa shape index (κ2) is 8.64. The van der Waals surface area contributed by atoms with E-state index in [1.165, 1.54) is 43.3 Å². The van der Waals surface area contributed by atoms with Gasteiger partial charge < -0.3 is 19.2 Å². The van der Waals surface area contributed by atoms with E-state index in [0.717, 1.165) is 6.07 Å². The normalized spacial score (nSPS) is 11.1. The molecule has 0 aliphatic carbocycles. The molecule has 8 nitrogen and oxygen atoms in total. The summed E-state index contributed by atoms with van der Waals surface area (Å²) >= 11 is 12.4. The van der Waals surface area contributed by atoms with E-state index in [0.29, 0.717) is 0 Å². The molecule has 0 unspecified atom stereocenters. The zero-order chi connectivity index (χ0) is 23.0. The van der Waals surface area contributed by atoms with Crippen LogP contribution in [0.1, 0.15) is 5.56 Å². The van der Waals surface area contributed by atoms with Gasteiger partial charge in [-0.2, -0.15) is 0 Å². The number of rotatable bonds is 6. The van der Waals surface area contributed by atoms with Crippen LogP contribution in [-0.2, 0) is 6.61 Å². The smallest absolute Gasteiger partial charge is 0.332 e. The highest BCUT2D eigenvalue weighted by atomic mass is 35.5. The van der Waals surface area contributed by atoms with Gasteiger partial charge in [0.1, 0.15) is 24.2 Å². The Balaban J connectivity index is 1.81. The molecule has 32 heavy (non-hydrogen) atoms. The zero-order valence-corrected chi connectivity index (χ0v) is 18.1. The van der Waals surface area contributed by atoms with E-state index >= 15 is 0 Å². The number of nitrogens with one attached hydrogen (secondary N) is 1. The van der Waals surface area contributed by atoms with Gasteiger partial charge in [-0.1, -0.05) is 23.2 Å². The van der Waals surface area contributed by atoms with Crippen molar-refractivity contribution < 1.29 is 23.0 Å². The molecule has 0 amide bonds. The van der Waals surface area contributed by atoms with Gasteiger partial charge in [-0.25, -0.2) is 28.1 Å². The Kier molecular flexibility index (Phi) is 5.90. The number of aromatic amines is 1. The van der Waals surface area contributed by atoms with E-state index in [1.807, 2.05) is 0 Å². The molecule has 0 atom stereocenters. The average Bonchev–Trinajstić information content (AvgIpc) is 3.12. The van der Waals surface area contributed by atoms with Crippen molar-refractivity contribution in [1.29, 1.82) is 0 Å². The summed E-state index contributed by atoms with van der Waals surface area (Å²) in [6.07, 6.45) is 1.20. The van der Waals surface area contributed by atoms with Crippen LogP contribution in [0.15, 0.2) is 35.4 Å². The molecular weight excluding hydrogens is 469 g/mol. The maximum absolute atomic E-state index is 14.3. The highest BCUT2D eigenvalue weighted by Gasteiger charge is 2.20. The fourth-order valence-electron chi connectivity index (χ4n) is 3.13. The van der Waals surface area contributed by atoms with Gasteiger partial charge in [-0.15, -0.1) is 0 Å². The van der Waals surface area contributed by atoms with E-state index in [9.17, 15) is 13.6 Å². The van der Waals surface area contributed by atoms with Crippen LogP contribution in [0.3, 0.4) is 0 Å². The average molecular weight is 483 g/mol. The van der Waals surface area contributed by atoms with Gasteiger partial charge in [0.25, 0.3) is 0 Å². The van der Waals surface area contributed by atoms with Crippen molar-refractivity contribution in [3.05, 3.63) is 68.5 Å². The van der Waals surface area contributed by atoms with Gasteiger partial charge in [0.15, 0.2) is 33.9 Å². The molecule has 4 aromatic rings. The van der Waals surface area contributed by atoms with Crippen LogP contribution in [0.4, 0.5) is 8.78 Å². The predicted molar refractivity (Wildman–Crippen MR) is 113 cm³/mol. The third-order valence-corrected chi connectivity index (χ3v) is 5.24. The van der Waals surface area contributed by atoms with E-state index < -0.39 is 17.3 Å². The number of hydrogen-bond donors (Lipinski definition) is 1. The largest absolute Gasteiger partial charge is 0.496 e. The van der Waals surface area contributed by atoms with Crippen molar-refractivity contribution in [1.82, 2.24) is 19.5 Å². The minimum Gasteiger partial charge on any atom is -0.496 e. The topological polar surface area (TPSA) is 91.3 Å². The molecule has 1 N–H and O–H groups in total. The fourth-order valence-corrected chi connectivity index (χ4v) is 3.55. The number of methoxy groups -OCH3 is 2. The van der Waals surface area contributed by atoms with Crippen molar-refractivity contribution in [3.63, 3.8) is 0 Å². The van der Waals surface area contributed by atoms with Crippen LogP contribution in [0.5, 0.6) is 17.2 Å². The number of benzene rings is 2. The number of H-pyrrole nitrogens is 1. The Morgan fingerprint density at radius 3 is 2.53 bits per heavy atom. The molecule has 0 saturated carbocycles. The van der Waals surface area contributed by atoms with Crippen LogP contribution in [0, 0.1) is 11.6 Å². The Morgan fingerprint density at radius 1 is 1.06 bits per heavy atom. The molecule has 2 aromatic heterocycles. The number of nitrogens with zero attached hydrogens (tertiary/aromatic N) is 3. The van der Waals surface area contributed by atoms with Crippen molar-refractivity contribution in [2.75, 3.05) is 14.2 Å². The van der Waals surface area contributed by atoms with Crippen LogP contribution in [0.25, 0.3) is 16.9 Å². The lowest BCUT2D eigenvalue weighted by atomic mass is 10.2. The van der Waals surface area contributed by atoms with Crippen LogP contribution in [-0.4, -0.2) is 33.7 Å². The third kappa shape index (κ3) is 3.71. The SMILES string of the molecule is COc1cc(Cl)c(-n2c(=O)[nH]c3c(Cl)ncnc32)cc1OCc1c(OC)ccc(F)c1F. The first-order valence-electron chi connectivity index (χ1n) is 8.98. The lowest BCUT2D eigenvalue weighted by Crippen LogP contribution is -2.15. The number of ether oxygens (including phenoxy) is 3.